The first kappa shape index (κ1) is 16.5. The van der Waals surface area contributed by atoms with E-state index >= 15 is 0 Å². The molecule has 0 saturated heterocycles. The second-order valence-electron chi connectivity index (χ2n) is 6.03. The van der Waals surface area contributed by atoms with Crippen molar-refractivity contribution in [3.8, 4) is 0 Å². The third kappa shape index (κ3) is 3.28. The van der Waals surface area contributed by atoms with E-state index in [1.165, 1.54) is 22.5 Å². The van der Waals surface area contributed by atoms with Gasteiger partial charge in [0.05, 0.1) is 11.9 Å². The van der Waals surface area contributed by atoms with Crippen molar-refractivity contribution in [3.05, 3.63) is 65.2 Å². The highest BCUT2D eigenvalue weighted by Crippen LogP contribution is 2.22. The zero-order valence-electron chi connectivity index (χ0n) is 13.8. The fraction of sp³-hybridized carbons (Fsp3) is 0.278. The van der Waals surface area contributed by atoms with Gasteiger partial charge in [-0.05, 0) is 35.7 Å². The van der Waals surface area contributed by atoms with Crippen LogP contribution >= 0.6 is 0 Å². The molecule has 0 spiro atoms. The number of benzene rings is 2. The van der Waals surface area contributed by atoms with Gasteiger partial charge in [0.25, 0.3) is 5.91 Å². The van der Waals surface area contributed by atoms with Gasteiger partial charge in [0, 0.05) is 25.7 Å². The molecule has 1 aliphatic rings. The normalized spacial score (nSPS) is 14.2. The van der Waals surface area contributed by atoms with Crippen molar-refractivity contribution in [2.75, 3.05) is 24.2 Å². The number of anilines is 1. The van der Waals surface area contributed by atoms with Gasteiger partial charge in [-0.15, -0.1) is 0 Å². The first-order chi connectivity index (χ1) is 11.4. The number of sulfonamides is 1. The predicted octanol–water partition coefficient (Wildman–Crippen LogP) is 2.28. The van der Waals surface area contributed by atoms with Crippen molar-refractivity contribution < 1.29 is 13.2 Å². The van der Waals surface area contributed by atoms with Gasteiger partial charge in [0.1, 0.15) is 0 Å². The number of hydrogen-bond acceptors (Lipinski definition) is 3. The summed E-state index contributed by atoms with van der Waals surface area (Å²) in [7, 11) is -1.87. The van der Waals surface area contributed by atoms with Gasteiger partial charge in [0.2, 0.25) is 10.0 Å². The Balaban J connectivity index is 1.84. The van der Waals surface area contributed by atoms with E-state index < -0.39 is 10.0 Å². The minimum atomic E-state index is -3.35. The van der Waals surface area contributed by atoms with E-state index in [0.717, 1.165) is 12.7 Å². The molecule has 0 atom stereocenters. The summed E-state index contributed by atoms with van der Waals surface area (Å²) in [5, 5.41) is 0. The molecule has 1 amide bonds. The van der Waals surface area contributed by atoms with Crippen molar-refractivity contribution in [1.82, 2.24) is 4.90 Å². The van der Waals surface area contributed by atoms with Crippen molar-refractivity contribution in [2.24, 2.45) is 0 Å². The number of nitrogens with zero attached hydrogens (tertiary/aromatic N) is 2. The summed E-state index contributed by atoms with van der Waals surface area (Å²) in [6, 6.07) is 14.9. The smallest absolute Gasteiger partial charge is 0.254 e. The van der Waals surface area contributed by atoms with Crippen LogP contribution in [0.2, 0.25) is 0 Å². The molecule has 0 N–H and O–H groups in total. The molecule has 1 heterocycles. The molecule has 0 bridgehead atoms. The lowest BCUT2D eigenvalue weighted by Gasteiger charge is -2.29. The molecule has 2 aromatic rings. The molecule has 0 radical (unpaired) electrons. The van der Waals surface area contributed by atoms with E-state index in [1.807, 2.05) is 23.1 Å². The third-order valence-electron chi connectivity index (χ3n) is 4.37. The molecule has 1 aliphatic heterocycles. The first-order valence-electron chi connectivity index (χ1n) is 7.76. The fourth-order valence-corrected chi connectivity index (χ4v) is 3.37. The fourth-order valence-electron chi connectivity index (χ4n) is 2.88. The van der Waals surface area contributed by atoms with Crippen molar-refractivity contribution in [3.63, 3.8) is 0 Å². The maximum atomic E-state index is 12.8. The van der Waals surface area contributed by atoms with Gasteiger partial charge in [-0.3, -0.25) is 9.10 Å². The minimum absolute atomic E-state index is 0.0757. The lowest BCUT2D eigenvalue weighted by Crippen LogP contribution is -2.36. The summed E-state index contributed by atoms with van der Waals surface area (Å²) < 4.78 is 24.5. The number of fused-ring (bicyclic) bond motifs is 1. The van der Waals surface area contributed by atoms with Crippen LogP contribution in [0.1, 0.15) is 21.5 Å². The van der Waals surface area contributed by atoms with Crippen molar-refractivity contribution >= 4 is 21.6 Å². The van der Waals surface area contributed by atoms with Crippen LogP contribution in [0.5, 0.6) is 0 Å². The number of amides is 1. The number of carbonyl (C=O) groups excluding carboxylic acids is 1. The molecule has 2 aromatic carbocycles. The number of rotatable bonds is 3. The Kier molecular flexibility index (Phi) is 4.32. The SMILES string of the molecule is CN(c1cccc(C(=O)N2CCc3ccccc3C2)c1)S(C)(=O)=O. The highest BCUT2D eigenvalue weighted by molar-refractivity contribution is 7.92. The average molecular weight is 344 g/mol. The van der Waals surface area contributed by atoms with Gasteiger partial charge >= 0.3 is 0 Å². The van der Waals surface area contributed by atoms with Crippen molar-refractivity contribution in [1.29, 1.82) is 0 Å². The van der Waals surface area contributed by atoms with Crippen LogP contribution in [0.3, 0.4) is 0 Å². The predicted molar refractivity (Wildman–Crippen MR) is 94.6 cm³/mol. The highest BCUT2D eigenvalue weighted by atomic mass is 32.2. The molecule has 0 saturated carbocycles. The molecule has 126 valence electrons. The zero-order chi connectivity index (χ0) is 17.3. The topological polar surface area (TPSA) is 57.7 Å². The second kappa shape index (κ2) is 6.28. The minimum Gasteiger partial charge on any atom is -0.334 e. The third-order valence-corrected chi connectivity index (χ3v) is 5.58. The van der Waals surface area contributed by atoms with Gasteiger partial charge in [-0.2, -0.15) is 0 Å². The van der Waals surface area contributed by atoms with Crippen LogP contribution in [0.15, 0.2) is 48.5 Å². The van der Waals surface area contributed by atoms with Crippen LogP contribution in [0.4, 0.5) is 5.69 Å². The Morgan fingerprint density at radius 1 is 1.08 bits per heavy atom. The second-order valence-corrected chi connectivity index (χ2v) is 8.04. The van der Waals surface area contributed by atoms with Crippen LogP contribution < -0.4 is 4.31 Å². The summed E-state index contributed by atoms with van der Waals surface area (Å²) in [6.45, 7) is 1.25. The molecular weight excluding hydrogens is 324 g/mol. The van der Waals surface area contributed by atoms with E-state index in [0.29, 0.717) is 24.3 Å². The van der Waals surface area contributed by atoms with Gasteiger partial charge in [0.15, 0.2) is 0 Å². The Bertz CT molecular complexity index is 877. The lowest BCUT2D eigenvalue weighted by molar-refractivity contribution is 0.0734. The first-order valence-corrected chi connectivity index (χ1v) is 9.61. The summed E-state index contributed by atoms with van der Waals surface area (Å²) in [5.41, 5.74) is 3.44. The highest BCUT2D eigenvalue weighted by Gasteiger charge is 2.22. The largest absolute Gasteiger partial charge is 0.334 e. The Morgan fingerprint density at radius 2 is 1.79 bits per heavy atom. The standard InChI is InChI=1S/C18H20N2O3S/c1-19(24(2,22)23)17-9-5-8-15(12-17)18(21)20-11-10-14-6-3-4-7-16(14)13-20/h3-9,12H,10-11,13H2,1-2H3. The molecule has 3 rings (SSSR count). The van der Waals surface area contributed by atoms with Crippen LogP contribution in [-0.2, 0) is 23.0 Å². The summed E-state index contributed by atoms with van der Waals surface area (Å²) in [4.78, 5) is 14.6. The van der Waals surface area contributed by atoms with Crippen LogP contribution in [0, 0.1) is 0 Å². The monoisotopic (exact) mass is 344 g/mol. The number of hydrogen-bond donors (Lipinski definition) is 0. The van der Waals surface area contributed by atoms with Crippen LogP contribution in [0.25, 0.3) is 0 Å². The quantitative estimate of drug-likeness (QED) is 0.858. The summed E-state index contributed by atoms with van der Waals surface area (Å²) >= 11 is 0. The molecule has 0 fully saturated rings. The Labute approximate surface area is 142 Å². The maximum Gasteiger partial charge on any atom is 0.254 e. The Hall–Kier alpha value is -2.34. The molecule has 5 nitrogen and oxygen atoms in total. The maximum absolute atomic E-state index is 12.8. The van der Waals surface area contributed by atoms with Crippen molar-refractivity contribution in [2.45, 2.75) is 13.0 Å². The lowest BCUT2D eigenvalue weighted by atomic mass is 9.99. The summed E-state index contributed by atoms with van der Waals surface area (Å²) in [6.07, 6.45) is 1.98. The number of carbonyl (C=O) groups is 1. The van der Waals surface area contributed by atoms with E-state index in [4.69, 9.17) is 0 Å². The Morgan fingerprint density at radius 3 is 2.50 bits per heavy atom. The molecule has 0 aromatic heterocycles. The van der Waals surface area contributed by atoms with Gasteiger partial charge in [-0.25, -0.2) is 8.42 Å². The van der Waals surface area contributed by atoms with Gasteiger partial charge in [-0.1, -0.05) is 30.3 Å². The molecule has 24 heavy (non-hydrogen) atoms. The zero-order valence-corrected chi connectivity index (χ0v) is 14.6. The van der Waals surface area contributed by atoms with Crippen LogP contribution in [-0.4, -0.2) is 39.1 Å². The van der Waals surface area contributed by atoms with E-state index in [-0.39, 0.29) is 5.91 Å². The van der Waals surface area contributed by atoms with Gasteiger partial charge < -0.3 is 4.90 Å². The average Bonchev–Trinajstić information content (AvgIpc) is 2.59. The molecule has 0 aliphatic carbocycles. The molecular formula is C18H20N2O3S. The van der Waals surface area contributed by atoms with E-state index in [2.05, 4.69) is 6.07 Å². The van der Waals surface area contributed by atoms with E-state index in [1.54, 1.807) is 24.3 Å². The molecule has 0 unspecified atom stereocenters. The molecule has 6 heteroatoms. The summed E-state index contributed by atoms with van der Waals surface area (Å²) in [5.74, 6) is -0.0757. The van der Waals surface area contributed by atoms with E-state index in [9.17, 15) is 13.2 Å².